The summed E-state index contributed by atoms with van der Waals surface area (Å²) in [5.74, 6) is -1.95. The Balaban J connectivity index is 0.00000341. The van der Waals surface area contributed by atoms with Crippen LogP contribution in [0.5, 0.6) is 0 Å². The number of halogens is 3. The number of benzene rings is 2. The highest BCUT2D eigenvalue weighted by atomic mass is 35.5. The summed E-state index contributed by atoms with van der Waals surface area (Å²) in [7, 11) is -4.02. The molecule has 1 aliphatic rings. The first-order chi connectivity index (χ1) is 14.3. The quantitative estimate of drug-likeness (QED) is 0.338. The molecule has 0 amide bonds. The average molecular weight is 476 g/mol. The number of sulfonamides is 1. The number of rotatable bonds is 9. The van der Waals surface area contributed by atoms with E-state index in [0.29, 0.717) is 19.0 Å². The van der Waals surface area contributed by atoms with Gasteiger partial charge in [-0.25, -0.2) is 21.9 Å². The van der Waals surface area contributed by atoms with E-state index in [1.54, 1.807) is 6.07 Å². The first kappa shape index (κ1) is 25.1. The molecule has 0 spiro atoms. The minimum absolute atomic E-state index is 0. The van der Waals surface area contributed by atoms with Crippen molar-refractivity contribution in [2.24, 2.45) is 0 Å². The highest BCUT2D eigenvalue weighted by Crippen LogP contribution is 2.24. The van der Waals surface area contributed by atoms with Crippen LogP contribution in [0.1, 0.15) is 30.4 Å². The van der Waals surface area contributed by atoms with Gasteiger partial charge in [-0.1, -0.05) is 12.5 Å². The van der Waals surface area contributed by atoms with Crippen molar-refractivity contribution in [3.63, 3.8) is 0 Å². The number of nitrogens with one attached hydrogen (secondary N) is 1. The number of unbranched alkanes of at least 4 members (excludes halogenated alkanes) is 2. The van der Waals surface area contributed by atoms with Crippen molar-refractivity contribution in [2.75, 3.05) is 19.6 Å². The second-order valence-electron chi connectivity index (χ2n) is 7.27. The predicted molar refractivity (Wildman–Crippen MR) is 115 cm³/mol. The molecule has 0 atom stereocenters. The Kier molecular flexibility index (Phi) is 8.87. The van der Waals surface area contributed by atoms with Gasteiger partial charge in [0.25, 0.3) is 5.69 Å². The molecule has 2 aromatic carbocycles. The largest absolute Gasteiger partial charge is 0.299 e. The molecule has 1 aliphatic heterocycles. The second-order valence-corrected chi connectivity index (χ2v) is 9.00. The molecular weight excluding hydrogens is 452 g/mol. The summed E-state index contributed by atoms with van der Waals surface area (Å²) in [6, 6.07) is 7.34. The van der Waals surface area contributed by atoms with Gasteiger partial charge in [0.15, 0.2) is 0 Å². The zero-order valence-electron chi connectivity index (χ0n) is 16.7. The van der Waals surface area contributed by atoms with Gasteiger partial charge in [-0.3, -0.25) is 15.0 Å². The Morgan fingerprint density at radius 3 is 2.55 bits per heavy atom. The second kappa shape index (κ2) is 10.9. The van der Waals surface area contributed by atoms with Gasteiger partial charge in [0, 0.05) is 37.8 Å². The smallest absolute Gasteiger partial charge is 0.269 e. The van der Waals surface area contributed by atoms with Crippen molar-refractivity contribution in [3.05, 3.63) is 69.3 Å². The molecule has 3 rings (SSSR count). The van der Waals surface area contributed by atoms with E-state index >= 15 is 0 Å². The topological polar surface area (TPSA) is 92.6 Å². The van der Waals surface area contributed by atoms with Crippen LogP contribution in [0.25, 0.3) is 0 Å². The van der Waals surface area contributed by atoms with Crippen molar-refractivity contribution in [3.8, 4) is 0 Å². The highest BCUT2D eigenvalue weighted by molar-refractivity contribution is 7.89. The van der Waals surface area contributed by atoms with Crippen LogP contribution < -0.4 is 4.72 Å². The zero-order valence-corrected chi connectivity index (χ0v) is 18.4. The van der Waals surface area contributed by atoms with Crippen LogP contribution in [-0.2, 0) is 23.0 Å². The molecule has 0 unspecified atom stereocenters. The first-order valence-electron chi connectivity index (χ1n) is 9.69. The van der Waals surface area contributed by atoms with Crippen molar-refractivity contribution >= 4 is 28.1 Å². The molecule has 0 fully saturated rings. The van der Waals surface area contributed by atoms with E-state index in [0.717, 1.165) is 55.6 Å². The molecular formula is C20H24ClF2N3O4S. The van der Waals surface area contributed by atoms with Gasteiger partial charge in [0.2, 0.25) is 10.0 Å². The first-order valence-corrected chi connectivity index (χ1v) is 11.2. The van der Waals surface area contributed by atoms with Crippen LogP contribution in [0, 0.1) is 21.7 Å². The Bertz CT molecular complexity index is 1040. The lowest BCUT2D eigenvalue weighted by Gasteiger charge is -2.28. The molecule has 2 aromatic rings. The van der Waals surface area contributed by atoms with Gasteiger partial charge in [-0.2, -0.15) is 0 Å². The number of nitro benzene ring substituents is 1. The summed E-state index contributed by atoms with van der Waals surface area (Å²) in [6.07, 6.45) is 3.04. The van der Waals surface area contributed by atoms with E-state index in [1.165, 1.54) is 6.07 Å². The molecule has 0 radical (unpaired) electrons. The number of hydrogen-bond acceptors (Lipinski definition) is 5. The lowest BCUT2D eigenvalue weighted by Crippen LogP contribution is -2.31. The molecule has 31 heavy (non-hydrogen) atoms. The monoisotopic (exact) mass is 475 g/mol. The Morgan fingerprint density at radius 2 is 1.84 bits per heavy atom. The third-order valence-electron chi connectivity index (χ3n) is 5.12. The third-order valence-corrected chi connectivity index (χ3v) is 6.61. The van der Waals surface area contributed by atoms with Crippen LogP contribution in [0.4, 0.5) is 14.5 Å². The maximum absolute atomic E-state index is 13.7. The normalized spacial score (nSPS) is 14.0. The fraction of sp³-hybridized carbons (Fsp3) is 0.400. The Hall–Kier alpha value is -2.14. The summed E-state index contributed by atoms with van der Waals surface area (Å²) >= 11 is 0. The van der Waals surface area contributed by atoms with Gasteiger partial charge in [0.05, 0.1) is 4.92 Å². The molecule has 0 saturated carbocycles. The SMILES string of the molecule is Cl.O=[N+]([O-])c1ccc2c(c1)CN(CCCCCNS(=O)(=O)c1ccc(F)cc1F)CC2. The van der Waals surface area contributed by atoms with E-state index in [2.05, 4.69) is 9.62 Å². The van der Waals surface area contributed by atoms with Gasteiger partial charge in [0.1, 0.15) is 16.5 Å². The maximum atomic E-state index is 13.7. The van der Waals surface area contributed by atoms with Crippen LogP contribution >= 0.6 is 12.4 Å². The van der Waals surface area contributed by atoms with Crippen molar-refractivity contribution in [2.45, 2.75) is 37.1 Å². The van der Waals surface area contributed by atoms with Crippen molar-refractivity contribution in [1.29, 1.82) is 0 Å². The van der Waals surface area contributed by atoms with E-state index in [1.807, 2.05) is 6.07 Å². The van der Waals surface area contributed by atoms with Gasteiger partial charge in [-0.15, -0.1) is 12.4 Å². The van der Waals surface area contributed by atoms with Crippen LogP contribution in [0.2, 0.25) is 0 Å². The molecule has 0 bridgehead atoms. The lowest BCUT2D eigenvalue weighted by molar-refractivity contribution is -0.385. The Labute approximate surface area is 186 Å². The van der Waals surface area contributed by atoms with Crippen LogP contribution in [0.15, 0.2) is 41.3 Å². The van der Waals surface area contributed by atoms with Gasteiger partial charge in [-0.05, 0) is 49.1 Å². The van der Waals surface area contributed by atoms with E-state index in [9.17, 15) is 27.3 Å². The highest BCUT2D eigenvalue weighted by Gasteiger charge is 2.20. The molecule has 1 N–H and O–H groups in total. The van der Waals surface area contributed by atoms with E-state index in [4.69, 9.17) is 0 Å². The third kappa shape index (κ3) is 6.67. The number of nitrogens with zero attached hydrogens (tertiary/aromatic N) is 2. The van der Waals surface area contributed by atoms with Gasteiger partial charge < -0.3 is 0 Å². The van der Waals surface area contributed by atoms with E-state index < -0.39 is 31.5 Å². The minimum Gasteiger partial charge on any atom is -0.299 e. The van der Waals surface area contributed by atoms with Gasteiger partial charge >= 0.3 is 0 Å². The minimum atomic E-state index is -4.02. The summed E-state index contributed by atoms with van der Waals surface area (Å²) in [5, 5.41) is 10.9. The van der Waals surface area contributed by atoms with Crippen molar-refractivity contribution < 1.29 is 22.1 Å². The molecule has 0 aromatic heterocycles. The van der Waals surface area contributed by atoms with Crippen molar-refractivity contribution in [1.82, 2.24) is 9.62 Å². The summed E-state index contributed by atoms with van der Waals surface area (Å²) in [4.78, 5) is 12.2. The van der Waals surface area contributed by atoms with Crippen LogP contribution in [0.3, 0.4) is 0 Å². The molecule has 1 heterocycles. The molecule has 0 aliphatic carbocycles. The number of nitro groups is 1. The fourth-order valence-electron chi connectivity index (χ4n) is 3.52. The maximum Gasteiger partial charge on any atom is 0.269 e. The number of hydrogen-bond donors (Lipinski definition) is 1. The van der Waals surface area contributed by atoms with E-state index in [-0.39, 0.29) is 24.6 Å². The Morgan fingerprint density at radius 1 is 1.06 bits per heavy atom. The zero-order chi connectivity index (χ0) is 21.7. The molecule has 0 saturated heterocycles. The summed E-state index contributed by atoms with van der Waals surface area (Å²) in [6.45, 7) is 2.50. The molecule has 7 nitrogen and oxygen atoms in total. The average Bonchev–Trinajstić information content (AvgIpc) is 2.69. The number of fused-ring (bicyclic) bond motifs is 1. The lowest BCUT2D eigenvalue weighted by atomic mass is 9.99. The summed E-state index contributed by atoms with van der Waals surface area (Å²) in [5.41, 5.74) is 2.21. The van der Waals surface area contributed by atoms with Crippen LogP contribution in [-0.4, -0.2) is 37.9 Å². The number of non-ortho nitro benzene ring substituents is 1. The molecule has 170 valence electrons. The predicted octanol–water partition coefficient (Wildman–Crippen LogP) is 3.80. The standard InChI is InChI=1S/C20H23F2N3O4S.ClH/c21-17-5-7-20(19(22)13-17)30(28,29)23-9-2-1-3-10-24-11-8-15-4-6-18(25(26)27)12-16(15)14-24;/h4-7,12-13,23H,1-3,8-11,14H2;1H. The summed E-state index contributed by atoms with van der Waals surface area (Å²) < 4.78 is 53.1. The fourth-order valence-corrected chi connectivity index (χ4v) is 4.65. The molecule has 11 heteroatoms.